The molecule has 8 nitrogen and oxygen atoms in total. The first-order valence-electron chi connectivity index (χ1n) is 8.25. The Hall–Kier alpha value is -4.91. The predicted molar refractivity (Wildman–Crippen MR) is 116 cm³/mol. The number of carbonyl (C=O) groups is 2. The molecule has 0 unspecified atom stereocenters. The van der Waals surface area contributed by atoms with E-state index in [1.165, 1.54) is 0 Å². The van der Waals surface area contributed by atoms with Gasteiger partial charge in [-0.3, -0.25) is 4.52 Å². The fraction of sp³-hybridized carbons (Fsp3) is 0.167. The summed E-state index contributed by atoms with van der Waals surface area (Å²) in [7, 11) is -4.88. The second-order valence-corrected chi connectivity index (χ2v) is 5.92. The monoisotopic (exact) mass is 458 g/mol. The van der Waals surface area contributed by atoms with Gasteiger partial charge < -0.3 is 19.3 Å². The maximum Gasteiger partial charge on any atom is 0.469 e. The lowest BCUT2D eigenvalue weighted by molar-refractivity contribution is -0.153. The molecule has 0 aromatic carbocycles. The van der Waals surface area contributed by atoms with Gasteiger partial charge in [-0.15, -0.1) is 6.42 Å². The normalized spacial score (nSPS) is 8.30. The number of ether oxygens (including phenoxy) is 2. The quantitative estimate of drug-likeness (QED) is 0.231. The van der Waals surface area contributed by atoms with Crippen molar-refractivity contribution in [2.45, 2.75) is 13.0 Å². The molecule has 0 aromatic heterocycles. The summed E-state index contributed by atoms with van der Waals surface area (Å²) in [5.41, 5.74) is 0. The van der Waals surface area contributed by atoms with E-state index in [2.05, 4.69) is 87.4 Å². The summed E-state index contributed by atoms with van der Waals surface area (Å²) in [6.07, 6.45) is 3.49. The van der Waals surface area contributed by atoms with E-state index >= 15 is 0 Å². The van der Waals surface area contributed by atoms with E-state index in [1.54, 1.807) is 6.92 Å². The topological polar surface area (TPSA) is 119 Å². The van der Waals surface area contributed by atoms with Crippen LogP contribution in [0.15, 0.2) is 0 Å². The van der Waals surface area contributed by atoms with E-state index in [9.17, 15) is 14.2 Å². The molecule has 0 amide bonds. The van der Waals surface area contributed by atoms with Crippen LogP contribution in [0.2, 0.25) is 0 Å². The van der Waals surface area contributed by atoms with Crippen LogP contribution in [0.25, 0.3) is 0 Å². The van der Waals surface area contributed by atoms with Crippen molar-refractivity contribution in [3.63, 3.8) is 0 Å². The third kappa shape index (κ3) is 20.2. The number of terminal acetylenes is 1. The van der Waals surface area contributed by atoms with Crippen molar-refractivity contribution in [3.05, 3.63) is 0 Å². The third-order valence-corrected chi connectivity index (χ3v) is 2.80. The van der Waals surface area contributed by atoms with Crippen molar-refractivity contribution < 1.29 is 37.9 Å². The number of phosphoric acid groups is 1. The number of esters is 2. The number of hydrogen-bond acceptors (Lipinski definition) is 6. The molecule has 0 heterocycles. The molecule has 0 fully saturated rings. The van der Waals surface area contributed by atoms with Crippen molar-refractivity contribution in [3.8, 4) is 107 Å². The van der Waals surface area contributed by atoms with Gasteiger partial charge in [0.2, 0.25) is 0 Å². The predicted octanol–water partition coefficient (Wildman–Crippen LogP) is -0.769. The van der Waals surface area contributed by atoms with Gasteiger partial charge in [0.1, 0.15) is 6.61 Å². The first-order valence-corrected chi connectivity index (χ1v) is 9.78. The third-order valence-electron chi connectivity index (χ3n) is 2.32. The van der Waals surface area contributed by atoms with Gasteiger partial charge in [-0.1, -0.05) is 5.92 Å². The van der Waals surface area contributed by atoms with E-state index in [-0.39, 0.29) is 0 Å². The molecule has 0 rings (SSSR count). The van der Waals surface area contributed by atoms with Crippen LogP contribution in [-0.4, -0.2) is 41.0 Å². The van der Waals surface area contributed by atoms with Gasteiger partial charge in [-0.05, 0) is 89.8 Å². The highest BCUT2D eigenvalue weighted by molar-refractivity contribution is 7.46. The van der Waals surface area contributed by atoms with Crippen molar-refractivity contribution >= 4 is 19.8 Å². The van der Waals surface area contributed by atoms with Crippen LogP contribution in [0.1, 0.15) is 6.92 Å². The summed E-state index contributed by atoms with van der Waals surface area (Å²) in [5.74, 6) is 36.2. The molecule has 0 aliphatic rings. The summed E-state index contributed by atoms with van der Waals surface area (Å²) in [4.78, 5) is 40.8. The molecule has 0 radical (unpaired) electrons. The van der Waals surface area contributed by atoms with Crippen LogP contribution in [-0.2, 0) is 28.2 Å². The minimum absolute atomic E-state index is 0.637. The first kappa shape index (κ1) is 28.1. The zero-order valence-corrected chi connectivity index (χ0v) is 17.8. The van der Waals surface area contributed by atoms with Crippen LogP contribution >= 0.6 is 7.82 Å². The minimum Gasteiger partial charge on any atom is -0.452 e. The van der Waals surface area contributed by atoms with Gasteiger partial charge in [-0.25, -0.2) is 14.2 Å². The average molecular weight is 458 g/mol. The Morgan fingerprint density at radius 2 is 1.27 bits per heavy atom. The Morgan fingerprint density at radius 1 is 0.788 bits per heavy atom. The molecule has 0 aliphatic carbocycles. The maximum absolute atomic E-state index is 11.7. The highest BCUT2D eigenvalue weighted by Gasteiger charge is 2.22. The van der Waals surface area contributed by atoms with Gasteiger partial charge in [0.25, 0.3) is 0 Å². The number of phosphoric ester groups is 1. The molecule has 0 aliphatic heterocycles. The lowest BCUT2D eigenvalue weighted by Gasteiger charge is -2.16. The van der Waals surface area contributed by atoms with Crippen LogP contribution in [0, 0.1) is 107 Å². The Bertz CT molecular complexity index is 1350. The van der Waals surface area contributed by atoms with E-state index in [0.717, 1.165) is 0 Å². The van der Waals surface area contributed by atoms with Crippen LogP contribution in [0.5, 0.6) is 0 Å². The second-order valence-electron chi connectivity index (χ2n) is 4.68. The first-order chi connectivity index (χ1) is 15.8. The zero-order chi connectivity index (χ0) is 24.8. The number of rotatable bonds is 6. The molecule has 9 heteroatoms. The van der Waals surface area contributed by atoms with Gasteiger partial charge >= 0.3 is 19.8 Å². The smallest absolute Gasteiger partial charge is 0.452 e. The average Bonchev–Trinajstić information content (AvgIpc) is 2.76. The molecule has 0 bridgehead atoms. The molecule has 1 atom stereocenters. The van der Waals surface area contributed by atoms with Crippen LogP contribution in [0.4, 0.5) is 0 Å². The molecular formula is C24H11O8P. The molecule has 33 heavy (non-hydrogen) atoms. The Labute approximate surface area is 191 Å². The Kier molecular flexibility index (Phi) is 15.2. The summed E-state index contributed by atoms with van der Waals surface area (Å²) in [6.45, 7) is 0.191. The molecule has 0 saturated heterocycles. The van der Waals surface area contributed by atoms with E-state index < -0.39 is 39.1 Å². The SMILES string of the molecule is C#CC#CC#CC#CC(=O)O[C@@H](COC(=O)C#CC#CC#CC#CC#CC)COP(=O)(O)O. The standard InChI is InChI=1S/C24H11O8P/c1-3-5-7-9-11-12-13-15-16-18-23(25)30-20-22(21-31-33(27,28)29)32-24(26)19-17-14-10-8-6-4-2/h2,22H,20-21H2,1H3,(H2,27,28,29)/t22-/m0/s1. The van der Waals surface area contributed by atoms with Crippen molar-refractivity contribution in [1.82, 2.24) is 0 Å². The van der Waals surface area contributed by atoms with Crippen LogP contribution < -0.4 is 0 Å². The zero-order valence-electron chi connectivity index (χ0n) is 16.9. The molecule has 0 aromatic rings. The highest BCUT2D eigenvalue weighted by atomic mass is 31.2. The summed E-state index contributed by atoms with van der Waals surface area (Å²) < 4.78 is 24.6. The fourth-order valence-electron chi connectivity index (χ4n) is 1.23. The highest BCUT2D eigenvalue weighted by Crippen LogP contribution is 2.35. The van der Waals surface area contributed by atoms with Gasteiger partial charge in [0, 0.05) is 11.8 Å². The number of carbonyl (C=O) groups excluding carboxylic acids is 2. The van der Waals surface area contributed by atoms with Crippen molar-refractivity contribution in [2.75, 3.05) is 13.2 Å². The molecule has 2 N–H and O–H groups in total. The number of hydrogen-bond donors (Lipinski definition) is 2. The Morgan fingerprint density at radius 3 is 1.79 bits per heavy atom. The van der Waals surface area contributed by atoms with Crippen molar-refractivity contribution in [1.29, 1.82) is 0 Å². The lowest BCUT2D eigenvalue weighted by atomic mass is 10.4. The van der Waals surface area contributed by atoms with E-state index in [0.29, 0.717) is 0 Å². The molecule has 160 valence electrons. The van der Waals surface area contributed by atoms with Crippen molar-refractivity contribution in [2.24, 2.45) is 0 Å². The lowest BCUT2D eigenvalue weighted by Crippen LogP contribution is -2.28. The Balaban J connectivity index is 4.96. The summed E-state index contributed by atoms with van der Waals surface area (Å²) in [6, 6.07) is 0. The summed E-state index contributed by atoms with van der Waals surface area (Å²) >= 11 is 0. The molecule has 0 spiro atoms. The van der Waals surface area contributed by atoms with Crippen LogP contribution in [0.3, 0.4) is 0 Å². The summed E-state index contributed by atoms with van der Waals surface area (Å²) in [5, 5.41) is 0. The van der Waals surface area contributed by atoms with E-state index in [1.807, 2.05) is 17.8 Å². The second kappa shape index (κ2) is 17.9. The van der Waals surface area contributed by atoms with E-state index in [4.69, 9.17) is 25.7 Å². The van der Waals surface area contributed by atoms with Gasteiger partial charge in [-0.2, -0.15) is 0 Å². The molecule has 0 saturated carbocycles. The van der Waals surface area contributed by atoms with Gasteiger partial charge in [0.05, 0.1) is 6.61 Å². The minimum atomic E-state index is -4.88. The molecular weight excluding hydrogens is 447 g/mol. The van der Waals surface area contributed by atoms with Gasteiger partial charge in [0.15, 0.2) is 6.10 Å². The largest absolute Gasteiger partial charge is 0.469 e. The maximum atomic E-state index is 11.7. The fourth-order valence-corrected chi connectivity index (χ4v) is 1.59.